The van der Waals surface area contributed by atoms with Gasteiger partial charge < -0.3 is 9.30 Å². The summed E-state index contributed by atoms with van der Waals surface area (Å²) in [4.78, 5) is 31.1. The number of rotatable bonds is 6. The van der Waals surface area contributed by atoms with Gasteiger partial charge in [-0.15, -0.1) is 22.7 Å². The van der Waals surface area contributed by atoms with Crippen LogP contribution >= 0.6 is 22.7 Å². The zero-order chi connectivity index (χ0) is 22.3. The van der Waals surface area contributed by atoms with Gasteiger partial charge in [0.25, 0.3) is 0 Å². The van der Waals surface area contributed by atoms with Gasteiger partial charge in [0, 0.05) is 23.0 Å². The van der Waals surface area contributed by atoms with Gasteiger partial charge in [0.15, 0.2) is 16.4 Å². The summed E-state index contributed by atoms with van der Waals surface area (Å²) in [6, 6.07) is 5.44. The fraction of sp³-hybridized carbons (Fsp3) is 0.381. The van der Waals surface area contributed by atoms with E-state index >= 15 is 0 Å². The smallest absolute Gasteiger partial charge is 0.350 e. The van der Waals surface area contributed by atoms with E-state index < -0.39 is 15.8 Å². The van der Waals surface area contributed by atoms with E-state index in [2.05, 4.69) is 4.98 Å². The average molecular weight is 479 g/mol. The van der Waals surface area contributed by atoms with Gasteiger partial charge in [-0.25, -0.2) is 18.2 Å². The zero-order valence-electron chi connectivity index (χ0n) is 17.4. The Bertz CT molecular complexity index is 1250. The van der Waals surface area contributed by atoms with Crippen molar-refractivity contribution in [3.63, 3.8) is 0 Å². The Morgan fingerprint density at radius 3 is 2.71 bits per heavy atom. The van der Waals surface area contributed by atoms with Crippen molar-refractivity contribution in [3.8, 4) is 9.88 Å². The number of hydrogen-bond donors (Lipinski definition) is 0. The molecule has 0 aliphatic carbocycles. The summed E-state index contributed by atoms with van der Waals surface area (Å²) in [6.45, 7) is 5.02. The van der Waals surface area contributed by atoms with Crippen molar-refractivity contribution in [3.05, 3.63) is 51.1 Å². The Labute approximate surface area is 188 Å². The van der Waals surface area contributed by atoms with Gasteiger partial charge in [-0.05, 0) is 44.7 Å². The molecule has 0 N–H and O–H groups in total. The second-order valence-corrected chi connectivity index (χ2v) is 11.8. The third-order valence-corrected chi connectivity index (χ3v) is 9.33. The van der Waals surface area contributed by atoms with Crippen LogP contribution in [0.3, 0.4) is 0 Å². The molecule has 1 saturated heterocycles. The minimum Gasteiger partial charge on any atom is -0.453 e. The Balaban J connectivity index is 1.46. The molecule has 0 amide bonds. The van der Waals surface area contributed by atoms with Gasteiger partial charge in [0.2, 0.25) is 5.78 Å². The molecule has 0 radical (unpaired) electrons. The molecule has 1 aliphatic rings. The standard InChI is InChI=1S/C21H22N2O5S3/c1-12-9-16(14(3)23(12)15-6-8-31(26,27)11-15)17(24)10-28-21(25)19-13(2)22-20(30-19)18-5-4-7-29-18/h4-5,7,9,15H,6,8,10-11H2,1-3H3. The highest BCUT2D eigenvalue weighted by Crippen LogP contribution is 2.32. The molecule has 0 aromatic carbocycles. The molecule has 4 heterocycles. The predicted molar refractivity (Wildman–Crippen MR) is 121 cm³/mol. The van der Waals surface area contributed by atoms with Crippen LogP contribution in [0.15, 0.2) is 23.6 Å². The van der Waals surface area contributed by atoms with Gasteiger partial charge in [-0.3, -0.25) is 4.79 Å². The summed E-state index contributed by atoms with van der Waals surface area (Å²) in [5.74, 6) is -0.628. The third-order valence-electron chi connectivity index (χ3n) is 5.41. The van der Waals surface area contributed by atoms with Crippen LogP contribution in [0.4, 0.5) is 0 Å². The van der Waals surface area contributed by atoms with Crippen LogP contribution in [0, 0.1) is 20.8 Å². The van der Waals surface area contributed by atoms with Crippen molar-refractivity contribution in [2.24, 2.45) is 0 Å². The summed E-state index contributed by atoms with van der Waals surface area (Å²) in [5, 5.41) is 2.70. The number of aryl methyl sites for hydroxylation is 2. The summed E-state index contributed by atoms with van der Waals surface area (Å²) >= 11 is 2.79. The molecule has 7 nitrogen and oxygen atoms in total. The van der Waals surface area contributed by atoms with Crippen molar-refractivity contribution in [2.75, 3.05) is 18.1 Å². The van der Waals surface area contributed by atoms with Crippen LogP contribution in [-0.2, 0) is 14.6 Å². The Morgan fingerprint density at radius 1 is 1.29 bits per heavy atom. The van der Waals surface area contributed by atoms with Crippen molar-refractivity contribution in [2.45, 2.75) is 33.2 Å². The molecule has 164 valence electrons. The van der Waals surface area contributed by atoms with Crippen LogP contribution in [0.1, 0.15) is 49.6 Å². The molecular weight excluding hydrogens is 456 g/mol. The maximum absolute atomic E-state index is 12.8. The van der Waals surface area contributed by atoms with E-state index in [0.29, 0.717) is 28.2 Å². The maximum atomic E-state index is 12.8. The van der Waals surface area contributed by atoms with E-state index in [0.717, 1.165) is 15.6 Å². The molecule has 31 heavy (non-hydrogen) atoms. The largest absolute Gasteiger partial charge is 0.453 e. The average Bonchev–Trinajstić information content (AvgIpc) is 3.47. The van der Waals surface area contributed by atoms with E-state index in [1.807, 2.05) is 29.0 Å². The fourth-order valence-electron chi connectivity index (χ4n) is 3.97. The SMILES string of the molecule is Cc1nc(-c2cccs2)sc1C(=O)OCC(=O)c1cc(C)n(C2CCS(=O)(=O)C2)c1C. The summed E-state index contributed by atoms with van der Waals surface area (Å²) in [6.07, 6.45) is 0.540. The van der Waals surface area contributed by atoms with Crippen LogP contribution in [-0.4, -0.2) is 47.8 Å². The zero-order valence-corrected chi connectivity index (χ0v) is 19.8. The molecule has 1 aliphatic heterocycles. The lowest BCUT2D eigenvalue weighted by Gasteiger charge is -2.16. The van der Waals surface area contributed by atoms with Crippen LogP contribution in [0.2, 0.25) is 0 Å². The maximum Gasteiger partial charge on any atom is 0.350 e. The number of ether oxygens (including phenoxy) is 1. The van der Waals surface area contributed by atoms with Gasteiger partial charge in [-0.2, -0.15) is 0 Å². The predicted octanol–water partition coefficient (Wildman–Crippen LogP) is 4.00. The highest BCUT2D eigenvalue weighted by Gasteiger charge is 2.32. The number of ketones is 1. The number of carbonyl (C=O) groups excluding carboxylic acids is 2. The third kappa shape index (κ3) is 4.37. The second-order valence-electron chi connectivity index (χ2n) is 7.62. The lowest BCUT2D eigenvalue weighted by molar-refractivity contribution is 0.0478. The minimum atomic E-state index is -3.04. The van der Waals surface area contributed by atoms with E-state index in [1.54, 1.807) is 31.3 Å². The molecular formula is C21H22N2O5S3. The molecule has 0 bridgehead atoms. The first-order valence-electron chi connectivity index (χ1n) is 9.77. The molecule has 0 spiro atoms. The first kappa shape index (κ1) is 21.9. The van der Waals surface area contributed by atoms with Gasteiger partial charge in [0.1, 0.15) is 9.88 Å². The van der Waals surface area contributed by atoms with Crippen molar-refractivity contribution in [1.29, 1.82) is 0 Å². The lowest BCUT2D eigenvalue weighted by Crippen LogP contribution is -2.17. The number of hydrogen-bond acceptors (Lipinski definition) is 8. The van der Waals surface area contributed by atoms with E-state index in [1.165, 1.54) is 11.3 Å². The molecule has 0 saturated carbocycles. The normalized spacial score (nSPS) is 17.7. The molecule has 3 aromatic heterocycles. The highest BCUT2D eigenvalue weighted by molar-refractivity contribution is 7.91. The van der Waals surface area contributed by atoms with Gasteiger partial charge >= 0.3 is 5.97 Å². The number of esters is 1. The van der Waals surface area contributed by atoms with Crippen LogP contribution in [0.25, 0.3) is 9.88 Å². The van der Waals surface area contributed by atoms with E-state index in [-0.39, 0.29) is 29.9 Å². The number of sulfone groups is 1. The first-order chi connectivity index (χ1) is 14.7. The molecule has 1 fully saturated rings. The number of aromatic nitrogens is 2. The van der Waals surface area contributed by atoms with E-state index in [4.69, 9.17) is 4.74 Å². The first-order valence-corrected chi connectivity index (χ1v) is 13.3. The Morgan fingerprint density at radius 2 is 2.06 bits per heavy atom. The van der Waals surface area contributed by atoms with E-state index in [9.17, 15) is 18.0 Å². The van der Waals surface area contributed by atoms with Crippen LogP contribution in [0.5, 0.6) is 0 Å². The molecule has 1 unspecified atom stereocenters. The fourth-order valence-corrected chi connectivity index (χ4v) is 7.42. The van der Waals surface area contributed by atoms with Crippen molar-refractivity contribution in [1.82, 2.24) is 9.55 Å². The van der Waals surface area contributed by atoms with Gasteiger partial charge in [-0.1, -0.05) is 6.07 Å². The molecule has 1 atom stereocenters. The number of thiazole rings is 1. The monoisotopic (exact) mass is 478 g/mol. The Kier molecular flexibility index (Phi) is 5.89. The quantitative estimate of drug-likeness (QED) is 0.393. The number of nitrogens with zero attached hydrogens (tertiary/aromatic N) is 2. The summed E-state index contributed by atoms with van der Waals surface area (Å²) in [7, 11) is -3.04. The van der Waals surface area contributed by atoms with Gasteiger partial charge in [0.05, 0.1) is 22.1 Å². The summed E-state index contributed by atoms with van der Waals surface area (Å²) in [5.41, 5.74) is 2.56. The summed E-state index contributed by atoms with van der Waals surface area (Å²) < 4.78 is 30.9. The lowest BCUT2D eigenvalue weighted by atomic mass is 10.1. The minimum absolute atomic E-state index is 0.0865. The Hall–Kier alpha value is -2.30. The molecule has 3 aromatic rings. The number of thiophene rings is 1. The number of Topliss-reactive ketones (excluding diaryl/α,β-unsaturated/α-hetero) is 1. The molecule has 10 heteroatoms. The second kappa shape index (κ2) is 8.33. The number of carbonyl (C=O) groups is 2. The molecule has 4 rings (SSSR count). The topological polar surface area (TPSA) is 95.3 Å². The highest BCUT2D eigenvalue weighted by atomic mass is 32.2. The van der Waals surface area contributed by atoms with Crippen LogP contribution < -0.4 is 0 Å². The van der Waals surface area contributed by atoms with Crippen molar-refractivity contribution < 1.29 is 22.7 Å². The van der Waals surface area contributed by atoms with Crippen molar-refractivity contribution >= 4 is 44.3 Å².